The van der Waals surface area contributed by atoms with E-state index in [0.29, 0.717) is 89.3 Å². The summed E-state index contributed by atoms with van der Waals surface area (Å²) < 4.78 is 0. The van der Waals surface area contributed by atoms with E-state index in [-0.39, 0.29) is 75.7 Å². The maximum Gasteiger partial charge on any atom is 0.269 e. The number of fused-ring (bicyclic) bond motifs is 10. The first-order valence-corrected chi connectivity index (χ1v) is 28.6. The molecule has 2 heterocycles. The summed E-state index contributed by atoms with van der Waals surface area (Å²) in [6.07, 6.45) is 18.5. The van der Waals surface area contributed by atoms with Gasteiger partial charge in [0, 0.05) is 12.3 Å². The predicted octanol–water partition coefficient (Wildman–Crippen LogP) is 8.61. The zero-order chi connectivity index (χ0) is 50.8. The Morgan fingerprint density at radius 2 is 1.03 bits per heavy atom. The van der Waals surface area contributed by atoms with Gasteiger partial charge in [-0.3, -0.25) is 20.2 Å². The number of aromatic amines is 2. The largest absolute Gasteiger partial charge is 0.393 e. The van der Waals surface area contributed by atoms with Crippen LogP contribution in [0, 0.1) is 110 Å². The number of nitrogens with one attached hydrogen (secondary N) is 4. The monoisotopic (exact) mass is 989 g/mol. The van der Waals surface area contributed by atoms with Crippen LogP contribution < -0.4 is 10.6 Å². The van der Waals surface area contributed by atoms with Crippen molar-refractivity contribution < 1.29 is 30.0 Å². The van der Waals surface area contributed by atoms with Gasteiger partial charge in [0.2, 0.25) is 11.8 Å². The molecule has 2 aromatic rings. The van der Waals surface area contributed by atoms with E-state index in [2.05, 4.69) is 107 Å². The molecule has 0 radical (unpaired) electrons. The third kappa shape index (κ3) is 9.32. The number of nitrogens with zero attached hydrogens (tertiary/aromatic N) is 6. The summed E-state index contributed by atoms with van der Waals surface area (Å²) in [6.45, 7) is 21.1. The topological polar surface area (TPSA) is 248 Å². The molecule has 16 heteroatoms. The predicted molar refractivity (Wildman–Crippen MR) is 271 cm³/mol. The van der Waals surface area contributed by atoms with Gasteiger partial charge in [-0.25, -0.2) is 0 Å². The average Bonchev–Trinajstić information content (AvgIpc) is 4.17. The summed E-state index contributed by atoms with van der Waals surface area (Å²) in [5.41, 5.74) is 0.904. The van der Waals surface area contributed by atoms with Crippen molar-refractivity contribution >= 4 is 23.7 Å². The highest BCUT2D eigenvalue weighted by molar-refractivity contribution is 5.90. The zero-order valence-corrected chi connectivity index (χ0v) is 44.7. The number of aliphatic hydroxyl groups is 4. The standard InChI is InChI=1S/C28H47N5O3.C27H45N5O3/c1-6-18-22-14-17(34)9-11-28(22,5)21-10-12-27(4)19(7-8-20(27)23(21)24(18)35)15(2)13-16(3)25(36)29-26-30-32-33-31-26;1-5-17-21-14-16(33)10-12-27(21,4)20-11-13-26(3)18(7-8-19(26)23(20)24(17)35)15(2)6-9-22(34)28-25-29-31-32-30-25/h15-24,34-35H,6-14H2,1-5H3,(H2,29,30,31,32,33,36);15-21,23-24,33,35H,5-14H2,1-4H3,(H2,28,29,30,31,32,34)/t15-,16+,17-,18-,19-,20?,21?,22+,23?,24-,27-,28-;15-,16-,17-,18-,19?,20?,21+,23?,24-,26-,27-/m11/s1. The van der Waals surface area contributed by atoms with E-state index in [1.54, 1.807) is 0 Å². The first-order valence-electron chi connectivity index (χ1n) is 28.6. The molecule has 8 aliphatic carbocycles. The summed E-state index contributed by atoms with van der Waals surface area (Å²) in [4.78, 5) is 25.1. The van der Waals surface area contributed by atoms with Crippen molar-refractivity contribution in [3.8, 4) is 0 Å². The Bertz CT molecular complexity index is 2110. The van der Waals surface area contributed by atoms with Crippen molar-refractivity contribution in [3.63, 3.8) is 0 Å². The van der Waals surface area contributed by atoms with Gasteiger partial charge in [0.15, 0.2) is 0 Å². The van der Waals surface area contributed by atoms with Gasteiger partial charge in [-0.05, 0) is 218 Å². The molecule has 0 saturated heterocycles. The third-order valence-corrected chi connectivity index (χ3v) is 23.5. The average molecular weight is 989 g/mol. The molecule has 398 valence electrons. The Hall–Kier alpha value is -3.08. The molecule has 23 atom stereocenters. The smallest absolute Gasteiger partial charge is 0.269 e. The van der Waals surface area contributed by atoms with Gasteiger partial charge in [0.05, 0.1) is 24.4 Å². The number of hydrogen-bond acceptors (Lipinski definition) is 12. The highest BCUT2D eigenvalue weighted by Gasteiger charge is 2.67. The molecule has 2 aromatic heterocycles. The van der Waals surface area contributed by atoms with Crippen LogP contribution in [0.2, 0.25) is 0 Å². The molecule has 71 heavy (non-hydrogen) atoms. The molecule has 6 unspecified atom stereocenters. The number of rotatable bonds is 12. The van der Waals surface area contributed by atoms with E-state index in [9.17, 15) is 30.0 Å². The fraction of sp³-hybridized carbons (Fsp3) is 0.927. The van der Waals surface area contributed by atoms with E-state index in [4.69, 9.17) is 0 Å². The number of amides is 2. The Morgan fingerprint density at radius 3 is 1.48 bits per heavy atom. The van der Waals surface area contributed by atoms with Crippen molar-refractivity contribution in [2.75, 3.05) is 10.6 Å². The third-order valence-electron chi connectivity index (χ3n) is 23.5. The summed E-state index contributed by atoms with van der Waals surface area (Å²) in [7, 11) is 0. The number of anilines is 2. The second-order valence-corrected chi connectivity index (χ2v) is 26.4. The number of H-pyrrole nitrogens is 2. The van der Waals surface area contributed by atoms with Crippen molar-refractivity contribution in [2.24, 2.45) is 110 Å². The molecule has 16 nitrogen and oxygen atoms in total. The minimum Gasteiger partial charge on any atom is -0.393 e. The number of hydrogen-bond donors (Lipinski definition) is 8. The molecule has 8 N–H and O–H groups in total. The number of aromatic nitrogens is 8. The van der Waals surface area contributed by atoms with E-state index in [0.717, 1.165) is 64.2 Å². The molecule has 8 fully saturated rings. The SMILES string of the molecule is CC[C@H]1[C@@H](O)C2C3CC[C@H]([C@H](C)CCC(=O)Nc4nn[nH]n4)[C@@]3(C)CCC2[C@@]2(C)CC[C@@H](O)C[C@@H]12.CC[C@H]1[C@@H](O)C2C3CC[C@H]([C@H](C)C[C@H](C)C(=O)Nc4nn[nH]n4)[C@@]3(C)CCC2[C@@]2(C)CC[C@@H](O)C[C@@H]12. The second-order valence-electron chi connectivity index (χ2n) is 26.4. The molecule has 0 bridgehead atoms. The molecule has 0 aromatic carbocycles. The first kappa shape index (κ1) is 52.8. The van der Waals surface area contributed by atoms with Crippen molar-refractivity contribution in [3.05, 3.63) is 0 Å². The van der Waals surface area contributed by atoms with Crippen LogP contribution in [0.25, 0.3) is 0 Å². The maximum absolute atomic E-state index is 12.7. The fourth-order valence-corrected chi connectivity index (χ4v) is 20.1. The number of carbonyl (C=O) groups is 2. The van der Waals surface area contributed by atoms with Crippen LogP contribution in [0.15, 0.2) is 0 Å². The van der Waals surface area contributed by atoms with E-state index in [1.165, 1.54) is 51.4 Å². The lowest BCUT2D eigenvalue weighted by atomic mass is 9.41. The van der Waals surface area contributed by atoms with Crippen LogP contribution >= 0.6 is 0 Å². The van der Waals surface area contributed by atoms with Gasteiger partial charge in [-0.2, -0.15) is 10.4 Å². The van der Waals surface area contributed by atoms with Crippen LogP contribution in [0.4, 0.5) is 11.9 Å². The summed E-state index contributed by atoms with van der Waals surface area (Å²) >= 11 is 0. The minimum absolute atomic E-state index is 0.0569. The Labute approximate surface area is 423 Å². The minimum atomic E-state index is -0.262. The zero-order valence-electron chi connectivity index (χ0n) is 44.7. The molecule has 0 spiro atoms. The van der Waals surface area contributed by atoms with Gasteiger partial charge >= 0.3 is 0 Å². The molecule has 2 amide bonds. The molecule has 8 saturated carbocycles. The highest BCUT2D eigenvalue weighted by Crippen LogP contribution is 2.71. The lowest BCUT2D eigenvalue weighted by molar-refractivity contribution is -0.203. The van der Waals surface area contributed by atoms with Crippen LogP contribution in [0.1, 0.15) is 184 Å². The normalized spacial score (nSPS) is 45.8. The number of tetrazole rings is 2. The second kappa shape index (κ2) is 20.6. The Kier molecular flexibility index (Phi) is 15.3. The molecular formula is C55H92N10O6. The quantitative estimate of drug-likeness (QED) is 0.0996. The van der Waals surface area contributed by atoms with Crippen LogP contribution in [-0.2, 0) is 9.59 Å². The van der Waals surface area contributed by atoms with Crippen molar-refractivity contribution in [1.82, 2.24) is 41.2 Å². The maximum atomic E-state index is 12.7. The number of aliphatic hydroxyl groups excluding tert-OH is 4. The van der Waals surface area contributed by atoms with Crippen LogP contribution in [-0.4, -0.2) is 97.9 Å². The van der Waals surface area contributed by atoms with Crippen LogP contribution in [0.3, 0.4) is 0 Å². The summed E-state index contributed by atoms with van der Waals surface area (Å²) in [6, 6.07) is 0. The molecule has 10 rings (SSSR count). The van der Waals surface area contributed by atoms with Gasteiger partial charge in [-0.15, -0.1) is 10.2 Å². The van der Waals surface area contributed by atoms with Crippen molar-refractivity contribution in [1.29, 1.82) is 0 Å². The summed E-state index contributed by atoms with van der Waals surface area (Å²) in [5.74, 6) is 6.63. The molecular weight excluding hydrogens is 897 g/mol. The van der Waals surface area contributed by atoms with Crippen molar-refractivity contribution in [2.45, 2.75) is 209 Å². The van der Waals surface area contributed by atoms with Gasteiger partial charge in [-0.1, -0.05) is 85.4 Å². The number of carbonyl (C=O) groups excluding carboxylic acids is 2. The Morgan fingerprint density at radius 1 is 0.592 bits per heavy atom. The lowest BCUT2D eigenvalue weighted by Crippen LogP contribution is -2.62. The lowest BCUT2D eigenvalue weighted by Gasteiger charge is -2.64. The van der Waals surface area contributed by atoms with E-state index < -0.39 is 0 Å². The summed E-state index contributed by atoms with van der Waals surface area (Å²) in [5, 5.41) is 77.2. The van der Waals surface area contributed by atoms with E-state index >= 15 is 0 Å². The fourth-order valence-electron chi connectivity index (χ4n) is 20.1. The molecule has 8 aliphatic rings. The van der Waals surface area contributed by atoms with Crippen LogP contribution in [0.5, 0.6) is 0 Å². The first-order chi connectivity index (χ1) is 33.8. The van der Waals surface area contributed by atoms with Gasteiger partial charge in [0.1, 0.15) is 0 Å². The van der Waals surface area contributed by atoms with E-state index in [1.807, 2.05) is 6.92 Å². The van der Waals surface area contributed by atoms with Gasteiger partial charge < -0.3 is 20.4 Å². The highest BCUT2D eigenvalue weighted by atomic mass is 16.3. The van der Waals surface area contributed by atoms with Gasteiger partial charge in [0.25, 0.3) is 11.9 Å². The molecule has 0 aliphatic heterocycles. The Balaban J connectivity index is 0.000000176.